The van der Waals surface area contributed by atoms with Gasteiger partial charge in [-0.2, -0.15) is 0 Å². The van der Waals surface area contributed by atoms with E-state index in [2.05, 4.69) is 10.6 Å². The van der Waals surface area contributed by atoms with Crippen molar-refractivity contribution >= 4 is 44.1 Å². The number of carbonyl (C=O) groups excluding carboxylic acids is 1. The Labute approximate surface area is 228 Å². The van der Waals surface area contributed by atoms with Gasteiger partial charge in [0.15, 0.2) is 15.5 Å². The molecule has 2 N–H and O–H groups in total. The van der Waals surface area contributed by atoms with Gasteiger partial charge in [0.05, 0.1) is 16.3 Å². The second kappa shape index (κ2) is 10.5. The average molecular weight is 554 g/mol. The van der Waals surface area contributed by atoms with Crippen molar-refractivity contribution in [2.45, 2.75) is 68.9 Å². The number of pyridine rings is 1. The Morgan fingerprint density at radius 1 is 1.00 bits per heavy atom. The monoisotopic (exact) mass is 553 g/mol. The SMILES string of the molecule is Cc1nc2c(Nc3ccc(C4CCOCC4)cc3S(C)(=O)=O)cc(NC(=O)C3CC3)nc2n1C1CCCCO1. The van der Waals surface area contributed by atoms with Crippen molar-refractivity contribution in [3.05, 3.63) is 35.7 Å². The van der Waals surface area contributed by atoms with Gasteiger partial charge in [0.1, 0.15) is 23.4 Å². The highest BCUT2D eigenvalue weighted by Gasteiger charge is 2.31. The zero-order valence-corrected chi connectivity index (χ0v) is 23.2. The molecule has 1 aliphatic carbocycles. The van der Waals surface area contributed by atoms with Gasteiger partial charge in [0, 0.05) is 38.1 Å². The first kappa shape index (κ1) is 26.2. The van der Waals surface area contributed by atoms with Crippen molar-refractivity contribution in [3.63, 3.8) is 0 Å². The van der Waals surface area contributed by atoms with Gasteiger partial charge in [-0.25, -0.2) is 18.4 Å². The van der Waals surface area contributed by atoms with Crippen LogP contribution in [0.4, 0.5) is 17.2 Å². The number of aryl methyl sites for hydroxylation is 1. The highest BCUT2D eigenvalue weighted by atomic mass is 32.2. The van der Waals surface area contributed by atoms with Crippen molar-refractivity contribution < 1.29 is 22.7 Å². The fourth-order valence-electron chi connectivity index (χ4n) is 5.56. The van der Waals surface area contributed by atoms with E-state index in [1.54, 1.807) is 12.1 Å². The van der Waals surface area contributed by atoms with E-state index in [1.807, 2.05) is 23.6 Å². The molecule has 2 aliphatic heterocycles. The molecular formula is C28H35N5O5S. The molecule has 1 atom stereocenters. The van der Waals surface area contributed by atoms with Gasteiger partial charge in [-0.1, -0.05) is 6.07 Å². The molecule has 39 heavy (non-hydrogen) atoms. The molecule has 0 radical (unpaired) electrons. The molecule has 11 heteroatoms. The first-order valence-corrected chi connectivity index (χ1v) is 15.7. The maximum absolute atomic E-state index is 12.9. The summed E-state index contributed by atoms with van der Waals surface area (Å²) in [5.74, 6) is 1.37. The van der Waals surface area contributed by atoms with Gasteiger partial charge in [0.2, 0.25) is 5.91 Å². The van der Waals surface area contributed by atoms with Crippen molar-refractivity contribution in [3.8, 4) is 0 Å². The van der Waals surface area contributed by atoms with Crippen LogP contribution in [-0.4, -0.2) is 54.9 Å². The summed E-state index contributed by atoms with van der Waals surface area (Å²) in [6, 6.07) is 7.33. The maximum Gasteiger partial charge on any atom is 0.228 e. The number of rotatable bonds is 7. The minimum Gasteiger partial charge on any atom is -0.381 e. The summed E-state index contributed by atoms with van der Waals surface area (Å²) in [7, 11) is -3.54. The van der Waals surface area contributed by atoms with Crippen LogP contribution in [0.15, 0.2) is 29.2 Å². The van der Waals surface area contributed by atoms with E-state index < -0.39 is 9.84 Å². The van der Waals surface area contributed by atoms with Crippen LogP contribution < -0.4 is 10.6 Å². The van der Waals surface area contributed by atoms with E-state index in [4.69, 9.17) is 19.4 Å². The Morgan fingerprint density at radius 2 is 1.79 bits per heavy atom. The van der Waals surface area contributed by atoms with Crippen LogP contribution in [0.25, 0.3) is 11.2 Å². The Kier molecular flexibility index (Phi) is 7.07. The summed E-state index contributed by atoms with van der Waals surface area (Å²) >= 11 is 0. The van der Waals surface area contributed by atoms with E-state index in [0.29, 0.717) is 48.2 Å². The number of imidazole rings is 1. The summed E-state index contributed by atoms with van der Waals surface area (Å²) in [5, 5.41) is 6.30. The van der Waals surface area contributed by atoms with E-state index in [-0.39, 0.29) is 28.9 Å². The molecular weight excluding hydrogens is 518 g/mol. The summed E-state index contributed by atoms with van der Waals surface area (Å²) in [6.07, 6.45) is 7.44. The predicted molar refractivity (Wildman–Crippen MR) is 148 cm³/mol. The molecule has 1 amide bonds. The lowest BCUT2D eigenvalue weighted by atomic mass is 9.91. The Bertz CT molecular complexity index is 1500. The largest absolute Gasteiger partial charge is 0.381 e. The van der Waals surface area contributed by atoms with Gasteiger partial charge in [-0.3, -0.25) is 9.36 Å². The number of nitrogens with one attached hydrogen (secondary N) is 2. The topological polar surface area (TPSA) is 124 Å². The quantitative estimate of drug-likeness (QED) is 0.426. The standard InChI is InChI=1S/C28H35N5O5S/c1-17-29-26-22(30-21-9-8-20(15-23(21)39(2,35)36)18-10-13-37-14-11-18)16-24(32-28(34)19-6-7-19)31-27(26)33(17)25-5-3-4-12-38-25/h8-9,15-16,18-19,25H,3-7,10-14H2,1-2H3,(H2,30,31,32,34). The number of hydrogen-bond acceptors (Lipinski definition) is 8. The molecule has 6 rings (SSSR count). The van der Waals surface area contributed by atoms with Gasteiger partial charge >= 0.3 is 0 Å². The van der Waals surface area contributed by atoms with Crippen LogP contribution in [0.3, 0.4) is 0 Å². The fraction of sp³-hybridized carbons (Fsp3) is 0.536. The zero-order chi connectivity index (χ0) is 27.1. The Balaban J connectivity index is 1.43. The van der Waals surface area contributed by atoms with Gasteiger partial charge < -0.3 is 20.1 Å². The number of ether oxygens (including phenoxy) is 2. The molecule has 1 unspecified atom stereocenters. The number of aromatic nitrogens is 3. The average Bonchev–Trinajstić information content (AvgIpc) is 3.72. The Hall–Kier alpha value is -3.02. The molecule has 2 aromatic heterocycles. The minimum absolute atomic E-state index is 0.0156. The smallest absolute Gasteiger partial charge is 0.228 e. The van der Waals surface area contributed by atoms with Gasteiger partial charge in [0.25, 0.3) is 0 Å². The zero-order valence-electron chi connectivity index (χ0n) is 22.4. The minimum atomic E-state index is -3.54. The van der Waals surface area contributed by atoms with Crippen LogP contribution in [0.5, 0.6) is 0 Å². The van der Waals surface area contributed by atoms with Gasteiger partial charge in [-0.05, 0) is 75.5 Å². The number of sulfone groups is 1. The van der Waals surface area contributed by atoms with Crippen LogP contribution in [0.2, 0.25) is 0 Å². The lowest BCUT2D eigenvalue weighted by Crippen LogP contribution is -2.20. The molecule has 1 saturated carbocycles. The molecule has 208 valence electrons. The second-order valence-electron chi connectivity index (χ2n) is 10.9. The number of nitrogens with zero attached hydrogens (tertiary/aromatic N) is 3. The van der Waals surface area contributed by atoms with Gasteiger partial charge in [-0.15, -0.1) is 0 Å². The molecule has 3 aromatic rings. The molecule has 3 fully saturated rings. The normalized spacial score (nSPS) is 20.7. The van der Waals surface area contributed by atoms with E-state index in [9.17, 15) is 13.2 Å². The summed E-state index contributed by atoms with van der Waals surface area (Å²) < 4.78 is 39.4. The number of carbonyl (C=O) groups is 1. The number of fused-ring (bicyclic) bond motifs is 1. The fourth-order valence-corrected chi connectivity index (χ4v) is 6.42. The third kappa shape index (κ3) is 5.53. The molecule has 0 spiro atoms. The second-order valence-corrected chi connectivity index (χ2v) is 12.9. The van der Waals surface area contributed by atoms with E-state index in [1.165, 1.54) is 6.26 Å². The maximum atomic E-state index is 12.9. The lowest BCUT2D eigenvalue weighted by molar-refractivity contribution is -0.117. The van der Waals surface area contributed by atoms with Crippen LogP contribution in [0, 0.1) is 12.8 Å². The molecule has 2 saturated heterocycles. The van der Waals surface area contributed by atoms with Crippen molar-refractivity contribution in [1.82, 2.24) is 14.5 Å². The molecule has 4 heterocycles. The van der Waals surface area contributed by atoms with Crippen LogP contribution in [0.1, 0.15) is 68.5 Å². The third-order valence-electron chi connectivity index (χ3n) is 7.83. The van der Waals surface area contributed by atoms with E-state index >= 15 is 0 Å². The number of anilines is 3. The highest BCUT2D eigenvalue weighted by molar-refractivity contribution is 7.90. The molecule has 10 nitrogen and oxygen atoms in total. The summed E-state index contributed by atoms with van der Waals surface area (Å²) in [4.78, 5) is 22.5. The first-order valence-electron chi connectivity index (χ1n) is 13.8. The summed E-state index contributed by atoms with van der Waals surface area (Å²) in [6.45, 7) is 3.94. The molecule has 3 aliphatic rings. The molecule has 1 aromatic carbocycles. The lowest BCUT2D eigenvalue weighted by Gasteiger charge is -2.25. The third-order valence-corrected chi connectivity index (χ3v) is 8.97. The predicted octanol–water partition coefficient (Wildman–Crippen LogP) is 4.83. The van der Waals surface area contributed by atoms with Crippen molar-refractivity contribution in [2.24, 2.45) is 5.92 Å². The summed E-state index contributed by atoms with van der Waals surface area (Å²) in [5.41, 5.74) is 3.22. The van der Waals surface area contributed by atoms with Crippen LogP contribution in [-0.2, 0) is 24.1 Å². The number of hydrogen-bond donors (Lipinski definition) is 2. The van der Waals surface area contributed by atoms with Crippen LogP contribution >= 0.6 is 0 Å². The highest BCUT2D eigenvalue weighted by Crippen LogP contribution is 2.37. The first-order chi connectivity index (χ1) is 18.8. The van der Waals surface area contributed by atoms with E-state index in [0.717, 1.165) is 56.3 Å². The Morgan fingerprint density at radius 3 is 2.49 bits per heavy atom. The number of amides is 1. The van der Waals surface area contributed by atoms with Crippen molar-refractivity contribution in [2.75, 3.05) is 36.7 Å². The van der Waals surface area contributed by atoms with Crippen molar-refractivity contribution in [1.29, 1.82) is 0 Å². The number of benzene rings is 1. The molecule has 0 bridgehead atoms.